The minimum Gasteiger partial charge on any atom is -0.459 e. The highest BCUT2D eigenvalue weighted by molar-refractivity contribution is 6.08. The molecule has 10 amide bonds. The molecule has 117 heavy (non-hydrogen) atoms. The van der Waals surface area contributed by atoms with Gasteiger partial charge in [0.2, 0.25) is 47.3 Å². The minimum absolute atomic E-state index is 0. The fraction of sp³-hybridized carbons (Fsp3) is 0.855. The lowest BCUT2D eigenvalue weighted by Crippen LogP contribution is -2.65. The van der Waals surface area contributed by atoms with Crippen molar-refractivity contribution in [3.63, 3.8) is 0 Å². The first kappa shape index (κ1) is 99.4. The molecule has 0 aromatic heterocycles. The van der Waals surface area contributed by atoms with Gasteiger partial charge >= 0.3 is 18.2 Å². The Labute approximate surface area is 676 Å². The fourth-order valence-corrected chi connectivity index (χ4v) is 17.5. The Morgan fingerprint density at radius 1 is 0.393 bits per heavy atom. The van der Waals surface area contributed by atoms with Gasteiger partial charge in [0.1, 0.15) is 117 Å². The molecule has 4 saturated carbocycles. The number of ether oxygens (including phenoxy) is 3. The molecule has 19 atom stereocenters. The first-order valence-electron chi connectivity index (χ1n) is 39.7. The number of likely N-dealkylation sites (tertiary alicyclic amines) is 8. The van der Waals surface area contributed by atoms with Gasteiger partial charge in [0.15, 0.2) is 18.4 Å². The zero-order valence-electron chi connectivity index (χ0n) is 67.1. The fourth-order valence-electron chi connectivity index (χ4n) is 17.5. The number of aliphatic hydroxyl groups is 15. The van der Waals surface area contributed by atoms with Gasteiger partial charge in [-0.3, -0.25) is 62.8 Å². The lowest BCUT2D eigenvalue weighted by Gasteiger charge is -2.43. The molecular formula is C76H124F4N8O29. The summed E-state index contributed by atoms with van der Waals surface area (Å²) < 4.78 is 67.2. The van der Waals surface area contributed by atoms with Crippen molar-refractivity contribution in [2.75, 3.05) is 99.3 Å². The van der Waals surface area contributed by atoms with Crippen molar-refractivity contribution >= 4 is 65.4 Å². The number of imide groups is 4. The first-order valence-corrected chi connectivity index (χ1v) is 39.7. The maximum atomic E-state index is 14.0. The van der Waals surface area contributed by atoms with E-state index in [9.17, 15) is 121 Å². The van der Waals surface area contributed by atoms with Gasteiger partial charge in [-0.1, -0.05) is 35.1 Å². The van der Waals surface area contributed by atoms with Crippen LogP contribution in [0.4, 0.5) is 27.2 Å². The standard InChI is InChI=1S/2C17H26N2O9.C12H19FN2O2.C12H21FO2.C11H17FN2O2.C6H11FO5.CH4/c2*1-2-19-8(20)7-17(15(19)26)3-5-18(6-4-17)16(27)28-14-12(24)10(22)9(21)11(23)13(14)25;1-9(13)8-15-10(16)7-12(11(15)17)3-5-14(2)6-4-12;1-6-7(2)9(4)12(15-10(5)14)11(13)8(6)3;1-13-5-2-11(3-6-13)8-9(15)14(7-4-12)10(11)16;7-1-2(8)4(10)6(12)5(11)3(1)9;/h2*9-14,21-25H,2-7H2,1H3;9H,3-8H2,1-2H3;6-9,11-12H,1-5H3;2-8H2,1H3;1-6,8-12H;1H4. The summed E-state index contributed by atoms with van der Waals surface area (Å²) in [5.41, 5.74) is -2.67. The number of amides is 10. The Bertz CT molecular complexity index is 3220. The van der Waals surface area contributed by atoms with Gasteiger partial charge in [0.05, 0.1) is 34.7 Å². The van der Waals surface area contributed by atoms with Crippen LogP contribution in [-0.4, -0.2) is 409 Å². The molecule has 19 unspecified atom stereocenters. The Balaban J connectivity index is 0.000000224. The average molecular weight is 1690 g/mol. The summed E-state index contributed by atoms with van der Waals surface area (Å²) in [6, 6.07) is 0. The van der Waals surface area contributed by atoms with Crippen LogP contribution >= 0.6 is 0 Å². The third-order valence-electron chi connectivity index (χ3n) is 26.0. The number of rotatable bonds is 9. The van der Waals surface area contributed by atoms with E-state index < -0.39 is 169 Å². The van der Waals surface area contributed by atoms with Crippen LogP contribution in [0.5, 0.6) is 0 Å². The Morgan fingerprint density at radius 3 is 0.949 bits per heavy atom. The van der Waals surface area contributed by atoms with Gasteiger partial charge in [-0.15, -0.1) is 0 Å². The monoisotopic (exact) mass is 1690 g/mol. The van der Waals surface area contributed by atoms with E-state index >= 15 is 0 Å². The lowest BCUT2D eigenvalue weighted by molar-refractivity contribution is -0.224. The summed E-state index contributed by atoms with van der Waals surface area (Å²) in [7, 11) is 4.02. The number of carbonyl (C=O) groups is 11. The van der Waals surface area contributed by atoms with Crippen molar-refractivity contribution in [1.82, 2.24) is 39.2 Å². The number of halogens is 4. The van der Waals surface area contributed by atoms with Crippen molar-refractivity contribution in [2.24, 2.45) is 45.3 Å². The number of nitrogens with zero attached hydrogens (tertiary/aromatic N) is 8. The van der Waals surface area contributed by atoms with Gasteiger partial charge in [-0.05, 0) is 136 Å². The normalized spacial score (nSPS) is 37.3. The Kier molecular flexibility index (Phi) is 34.8. The number of hydrogen-bond donors (Lipinski definition) is 15. The third-order valence-corrected chi connectivity index (χ3v) is 26.0. The number of alkyl halides is 4. The molecule has 4 aliphatic carbocycles. The topological polar surface area (TPSA) is 545 Å². The van der Waals surface area contributed by atoms with Gasteiger partial charge in [-0.2, -0.15) is 0 Å². The van der Waals surface area contributed by atoms with Crippen LogP contribution in [-0.2, 0) is 57.4 Å². The molecule has 12 aliphatic rings. The van der Waals surface area contributed by atoms with Crippen molar-refractivity contribution in [2.45, 2.75) is 268 Å². The first-order chi connectivity index (χ1) is 54.1. The number of aliphatic hydroxyl groups excluding tert-OH is 15. The molecule has 37 nitrogen and oxygen atoms in total. The molecule has 8 saturated heterocycles. The van der Waals surface area contributed by atoms with Gasteiger partial charge < -0.3 is 110 Å². The summed E-state index contributed by atoms with van der Waals surface area (Å²) >= 11 is 0. The van der Waals surface area contributed by atoms with E-state index in [-0.39, 0.29) is 163 Å². The summed E-state index contributed by atoms with van der Waals surface area (Å²) in [4.78, 5) is 144. The molecule has 0 aromatic carbocycles. The van der Waals surface area contributed by atoms with E-state index in [0.29, 0.717) is 37.8 Å². The molecule has 8 aliphatic heterocycles. The third kappa shape index (κ3) is 21.2. The Morgan fingerprint density at radius 2 is 0.658 bits per heavy atom. The van der Waals surface area contributed by atoms with Crippen LogP contribution < -0.4 is 0 Å². The molecule has 15 N–H and O–H groups in total. The van der Waals surface area contributed by atoms with Crippen LogP contribution in [0.2, 0.25) is 0 Å². The second-order valence-corrected chi connectivity index (χ2v) is 33.4. The zero-order chi connectivity index (χ0) is 87.2. The van der Waals surface area contributed by atoms with E-state index in [1.54, 1.807) is 13.8 Å². The number of esters is 1. The SMILES string of the molecule is C.CC(=O)OC1C(C)C(C)C(C)C(C)C1F.CC(F)CN1C(=O)CC2(CCN(C)CC2)C1=O.CCN1C(=O)CC2(CCN(C(=O)OC3C(O)C(O)C(O)C(O)C3O)CC2)C1=O.CCN1C(=O)CC2(CCN(C(=O)OC3C(O)C(O)C(O)C(O)C3O)CC2)C1=O.CN1CCC2(CC1)CC(=O)N(CCF)C2=O.OC1C(O)C(O)C(F)C(O)C1O. The van der Waals surface area contributed by atoms with Gasteiger partial charge in [0, 0.05) is 71.9 Å². The molecule has 12 fully saturated rings. The van der Waals surface area contributed by atoms with E-state index in [0.717, 1.165) is 48.8 Å². The minimum atomic E-state index is -2.14. The highest BCUT2D eigenvalue weighted by Gasteiger charge is 2.59. The summed E-state index contributed by atoms with van der Waals surface area (Å²) in [6.45, 7) is 17.9. The van der Waals surface area contributed by atoms with Crippen LogP contribution in [0.25, 0.3) is 0 Å². The van der Waals surface area contributed by atoms with Crippen LogP contribution in [0, 0.1) is 45.3 Å². The predicted molar refractivity (Wildman–Crippen MR) is 397 cm³/mol. The zero-order valence-corrected chi connectivity index (χ0v) is 67.1. The molecule has 4 spiro atoms. The average Bonchev–Trinajstić information content (AvgIpc) is 1.60. The quantitative estimate of drug-likeness (QED) is 0.0455. The maximum Gasteiger partial charge on any atom is 0.410 e. The molecular weight excluding hydrogens is 1560 g/mol. The summed E-state index contributed by atoms with van der Waals surface area (Å²) in [5, 5.41) is 142. The van der Waals surface area contributed by atoms with Crippen molar-refractivity contribution in [3.05, 3.63) is 0 Å². The largest absolute Gasteiger partial charge is 0.459 e. The molecule has 0 radical (unpaired) electrons. The highest BCUT2D eigenvalue weighted by Crippen LogP contribution is 2.47. The summed E-state index contributed by atoms with van der Waals surface area (Å²) in [5.74, 6) is -1.23. The highest BCUT2D eigenvalue weighted by atomic mass is 19.1. The Hall–Kier alpha value is -6.39. The van der Waals surface area contributed by atoms with Crippen molar-refractivity contribution in [3.8, 4) is 0 Å². The summed E-state index contributed by atoms with van der Waals surface area (Å²) in [6.07, 6.45) is -32.0. The van der Waals surface area contributed by atoms with Crippen LogP contribution in [0.3, 0.4) is 0 Å². The smallest absolute Gasteiger partial charge is 0.410 e. The lowest BCUT2D eigenvalue weighted by atomic mass is 9.67. The molecule has 670 valence electrons. The van der Waals surface area contributed by atoms with E-state index in [1.807, 2.05) is 27.9 Å². The van der Waals surface area contributed by atoms with Gasteiger partial charge in [-0.25, -0.2) is 27.2 Å². The number of piperidine rings is 4. The number of hydrogen-bond acceptors (Lipinski definition) is 31. The van der Waals surface area contributed by atoms with Crippen LogP contribution in [0.1, 0.15) is 140 Å². The molecule has 0 bridgehead atoms. The van der Waals surface area contributed by atoms with Crippen molar-refractivity contribution < 1.29 is 161 Å². The van der Waals surface area contributed by atoms with E-state index in [2.05, 4.69) is 23.6 Å². The second kappa shape index (κ2) is 41.0. The molecule has 0 aromatic rings. The molecule has 41 heteroatoms. The molecule has 12 rings (SSSR count). The van der Waals surface area contributed by atoms with E-state index in [4.69, 9.17) is 39.7 Å². The second-order valence-electron chi connectivity index (χ2n) is 33.4. The van der Waals surface area contributed by atoms with Gasteiger partial charge in [0.25, 0.3) is 0 Å². The maximum absolute atomic E-state index is 14.0. The number of carbonyl (C=O) groups excluding carboxylic acids is 11. The van der Waals surface area contributed by atoms with E-state index in [1.165, 1.54) is 33.4 Å². The van der Waals surface area contributed by atoms with Crippen molar-refractivity contribution in [1.29, 1.82) is 0 Å². The van der Waals surface area contributed by atoms with Crippen LogP contribution in [0.15, 0.2) is 0 Å². The molecule has 8 heterocycles. The predicted octanol–water partition coefficient (Wildman–Crippen LogP) is -3.82.